The highest BCUT2D eigenvalue weighted by molar-refractivity contribution is 5.38. The average Bonchev–Trinajstić information content (AvgIpc) is 3.23. The van der Waals surface area contributed by atoms with Gasteiger partial charge in [0.15, 0.2) is 0 Å². The van der Waals surface area contributed by atoms with E-state index in [-0.39, 0.29) is 0 Å². The molecule has 7 nitrogen and oxygen atoms in total. The maximum atomic E-state index is 6.01. The van der Waals surface area contributed by atoms with Gasteiger partial charge in [-0.05, 0) is 29.7 Å². The summed E-state index contributed by atoms with van der Waals surface area (Å²) in [4.78, 5) is 11.3. The molecule has 4 rings (SSSR count). The fraction of sp³-hybridized carbons (Fsp3) is 0.364. The Labute approximate surface area is 170 Å². The standard InChI is InChI=1S/C22H27N5O2/c1-2-17(9-23-4-1)15-29-22-7-18(10-24-11-19-12-25-13-19)6-21(8-22)28-5-3-20-14-26-16-27-20/h1-2,4,6-9,14,16,19,24-25H,3,5,10-13,15H2,(H,26,27). The van der Waals surface area contributed by atoms with Gasteiger partial charge in [0.2, 0.25) is 0 Å². The van der Waals surface area contributed by atoms with E-state index in [9.17, 15) is 0 Å². The van der Waals surface area contributed by atoms with Crippen LogP contribution in [0.15, 0.2) is 55.2 Å². The number of nitrogens with one attached hydrogen (secondary N) is 3. The lowest BCUT2D eigenvalue weighted by Crippen LogP contribution is -2.47. The Balaban J connectivity index is 1.37. The lowest BCUT2D eigenvalue weighted by molar-refractivity contribution is 0.294. The molecule has 0 amide bonds. The summed E-state index contributed by atoms with van der Waals surface area (Å²) in [5.74, 6) is 2.34. The van der Waals surface area contributed by atoms with Crippen molar-refractivity contribution in [2.24, 2.45) is 5.92 Å². The van der Waals surface area contributed by atoms with Gasteiger partial charge in [0.1, 0.15) is 18.1 Å². The first kappa shape index (κ1) is 19.4. The monoisotopic (exact) mass is 393 g/mol. The van der Waals surface area contributed by atoms with Gasteiger partial charge in [-0.25, -0.2) is 4.98 Å². The fourth-order valence-corrected chi connectivity index (χ4v) is 3.16. The Morgan fingerprint density at radius 2 is 1.93 bits per heavy atom. The van der Waals surface area contributed by atoms with Gasteiger partial charge < -0.3 is 25.1 Å². The second-order valence-electron chi connectivity index (χ2n) is 7.29. The number of nitrogens with zero attached hydrogens (tertiary/aromatic N) is 2. The minimum absolute atomic E-state index is 0.478. The van der Waals surface area contributed by atoms with E-state index in [1.165, 1.54) is 0 Å². The smallest absolute Gasteiger partial charge is 0.123 e. The maximum absolute atomic E-state index is 6.01. The van der Waals surface area contributed by atoms with Crippen molar-refractivity contribution in [3.63, 3.8) is 0 Å². The Kier molecular flexibility index (Phi) is 6.72. The van der Waals surface area contributed by atoms with Gasteiger partial charge in [0.05, 0.1) is 12.9 Å². The Hall–Kier alpha value is -2.90. The van der Waals surface area contributed by atoms with E-state index in [1.54, 1.807) is 12.5 Å². The number of aromatic nitrogens is 3. The van der Waals surface area contributed by atoms with Crippen LogP contribution in [-0.4, -0.2) is 41.2 Å². The molecule has 0 aliphatic carbocycles. The number of aromatic amines is 1. The van der Waals surface area contributed by atoms with E-state index in [4.69, 9.17) is 9.47 Å². The number of hydrogen-bond donors (Lipinski definition) is 3. The molecule has 2 aromatic heterocycles. The SMILES string of the molecule is c1cncc(COc2cc(CNCC3CNC3)cc(OCCc3cnc[nH]3)c2)c1. The molecule has 0 bridgehead atoms. The second-order valence-corrected chi connectivity index (χ2v) is 7.29. The lowest BCUT2D eigenvalue weighted by atomic mass is 10.0. The highest BCUT2D eigenvalue weighted by Gasteiger charge is 2.15. The van der Waals surface area contributed by atoms with Gasteiger partial charge in [-0.2, -0.15) is 0 Å². The molecule has 0 saturated carbocycles. The van der Waals surface area contributed by atoms with Crippen molar-refractivity contribution in [2.45, 2.75) is 19.6 Å². The van der Waals surface area contributed by atoms with Crippen LogP contribution in [0.25, 0.3) is 0 Å². The molecule has 3 aromatic rings. The molecule has 152 valence electrons. The molecule has 7 heteroatoms. The molecule has 0 spiro atoms. The fourth-order valence-electron chi connectivity index (χ4n) is 3.16. The number of benzene rings is 1. The van der Waals surface area contributed by atoms with Gasteiger partial charge in [0, 0.05) is 68.5 Å². The third-order valence-corrected chi connectivity index (χ3v) is 4.89. The van der Waals surface area contributed by atoms with Crippen LogP contribution in [-0.2, 0) is 19.6 Å². The van der Waals surface area contributed by atoms with Crippen LogP contribution >= 0.6 is 0 Å². The molecule has 1 aliphatic rings. The minimum Gasteiger partial charge on any atom is -0.493 e. The molecule has 0 radical (unpaired) electrons. The molecule has 3 heterocycles. The van der Waals surface area contributed by atoms with E-state index in [2.05, 4.69) is 37.7 Å². The Morgan fingerprint density at radius 3 is 2.66 bits per heavy atom. The van der Waals surface area contributed by atoms with E-state index in [1.807, 2.05) is 30.6 Å². The second kappa shape index (κ2) is 10.0. The summed E-state index contributed by atoms with van der Waals surface area (Å²) in [6.07, 6.45) is 7.87. The molecular formula is C22H27N5O2. The first-order chi connectivity index (χ1) is 14.3. The van der Waals surface area contributed by atoms with Crippen LogP contribution in [0, 0.1) is 5.92 Å². The molecule has 1 aromatic carbocycles. The number of rotatable bonds is 11. The maximum Gasteiger partial charge on any atom is 0.123 e. The van der Waals surface area contributed by atoms with Gasteiger partial charge in [0.25, 0.3) is 0 Å². The van der Waals surface area contributed by atoms with Crippen LogP contribution in [0.3, 0.4) is 0 Å². The van der Waals surface area contributed by atoms with E-state index in [0.29, 0.717) is 13.2 Å². The van der Waals surface area contributed by atoms with Gasteiger partial charge in [-0.15, -0.1) is 0 Å². The van der Waals surface area contributed by atoms with Crippen molar-refractivity contribution < 1.29 is 9.47 Å². The zero-order chi connectivity index (χ0) is 19.7. The number of ether oxygens (including phenoxy) is 2. The third-order valence-electron chi connectivity index (χ3n) is 4.89. The zero-order valence-electron chi connectivity index (χ0n) is 16.4. The predicted molar refractivity (Wildman–Crippen MR) is 111 cm³/mol. The Bertz CT molecular complexity index is 866. The quantitative estimate of drug-likeness (QED) is 0.464. The van der Waals surface area contributed by atoms with Crippen LogP contribution < -0.4 is 20.1 Å². The van der Waals surface area contributed by atoms with Crippen LogP contribution in [0.2, 0.25) is 0 Å². The number of H-pyrrole nitrogens is 1. The summed E-state index contributed by atoms with van der Waals surface area (Å²) in [6.45, 7) is 5.06. The van der Waals surface area contributed by atoms with Crippen LogP contribution in [0.1, 0.15) is 16.8 Å². The van der Waals surface area contributed by atoms with E-state index >= 15 is 0 Å². The topological polar surface area (TPSA) is 84.1 Å². The molecule has 1 fully saturated rings. The summed E-state index contributed by atoms with van der Waals surface area (Å²) >= 11 is 0. The molecular weight excluding hydrogens is 366 g/mol. The molecule has 1 aliphatic heterocycles. The Morgan fingerprint density at radius 1 is 1.03 bits per heavy atom. The van der Waals surface area contributed by atoms with Crippen molar-refractivity contribution in [3.8, 4) is 11.5 Å². The minimum atomic E-state index is 0.478. The number of hydrogen-bond acceptors (Lipinski definition) is 6. The summed E-state index contributed by atoms with van der Waals surface area (Å²) in [7, 11) is 0. The zero-order valence-corrected chi connectivity index (χ0v) is 16.4. The van der Waals surface area contributed by atoms with Gasteiger partial charge in [-0.3, -0.25) is 4.98 Å². The third kappa shape index (κ3) is 6.04. The molecule has 0 atom stereocenters. The highest BCUT2D eigenvalue weighted by Crippen LogP contribution is 2.24. The number of pyridine rings is 1. The van der Waals surface area contributed by atoms with E-state index in [0.717, 1.165) is 66.8 Å². The molecule has 1 saturated heterocycles. The van der Waals surface area contributed by atoms with Crippen molar-refractivity contribution >= 4 is 0 Å². The summed E-state index contributed by atoms with van der Waals surface area (Å²) < 4.78 is 12.0. The highest BCUT2D eigenvalue weighted by atomic mass is 16.5. The number of imidazole rings is 1. The molecule has 29 heavy (non-hydrogen) atoms. The van der Waals surface area contributed by atoms with Crippen molar-refractivity contribution in [1.82, 2.24) is 25.6 Å². The van der Waals surface area contributed by atoms with Crippen molar-refractivity contribution in [2.75, 3.05) is 26.2 Å². The lowest BCUT2D eigenvalue weighted by Gasteiger charge is -2.27. The largest absolute Gasteiger partial charge is 0.493 e. The van der Waals surface area contributed by atoms with E-state index < -0.39 is 0 Å². The summed E-state index contributed by atoms with van der Waals surface area (Å²) in [5.41, 5.74) is 3.25. The first-order valence-corrected chi connectivity index (χ1v) is 10.0. The average molecular weight is 393 g/mol. The predicted octanol–water partition coefficient (Wildman–Crippen LogP) is 2.31. The van der Waals surface area contributed by atoms with Crippen LogP contribution in [0.4, 0.5) is 0 Å². The van der Waals surface area contributed by atoms with Crippen LogP contribution in [0.5, 0.6) is 11.5 Å². The molecule has 0 unspecified atom stereocenters. The normalized spacial score (nSPS) is 13.8. The molecule has 3 N–H and O–H groups in total. The van der Waals surface area contributed by atoms with Gasteiger partial charge >= 0.3 is 0 Å². The first-order valence-electron chi connectivity index (χ1n) is 10.0. The summed E-state index contributed by atoms with van der Waals surface area (Å²) in [5, 5.41) is 6.84. The van der Waals surface area contributed by atoms with Crippen molar-refractivity contribution in [1.29, 1.82) is 0 Å². The van der Waals surface area contributed by atoms with Gasteiger partial charge in [-0.1, -0.05) is 6.07 Å². The van der Waals surface area contributed by atoms with Crippen molar-refractivity contribution in [3.05, 3.63) is 72.1 Å². The summed E-state index contributed by atoms with van der Waals surface area (Å²) in [6, 6.07) is 10.0.